The van der Waals surface area contributed by atoms with Crippen molar-refractivity contribution in [2.75, 3.05) is 7.11 Å². The summed E-state index contributed by atoms with van der Waals surface area (Å²) in [6.45, 7) is 0. The van der Waals surface area contributed by atoms with Crippen LogP contribution in [0.5, 0.6) is 5.88 Å². The molecule has 0 aliphatic rings. The summed E-state index contributed by atoms with van der Waals surface area (Å²) in [7, 11) is 1.54. The van der Waals surface area contributed by atoms with Crippen LogP contribution in [0.15, 0.2) is 16.6 Å². The second-order valence-corrected chi connectivity index (χ2v) is 3.11. The molecule has 1 aromatic rings. The third kappa shape index (κ3) is 1.94. The van der Waals surface area contributed by atoms with Gasteiger partial charge in [-0.15, -0.1) is 0 Å². The van der Waals surface area contributed by atoms with Crippen molar-refractivity contribution in [3.8, 4) is 5.88 Å². The first-order valence-electron chi connectivity index (χ1n) is 3.36. The molecule has 1 aromatic heterocycles. The molecule has 4 N–H and O–H groups in total. The third-order valence-electron chi connectivity index (χ3n) is 1.37. The SMILES string of the molecule is COc1nc(C(N)N)ccc1Br. The Morgan fingerprint density at radius 3 is 2.67 bits per heavy atom. The standard InChI is InChI=1S/C7H10BrN3O/c1-12-7-4(8)2-3-5(11-7)6(9)10/h2-3,6H,9-10H2,1H3. The molecule has 0 amide bonds. The molecule has 0 radical (unpaired) electrons. The van der Waals surface area contributed by atoms with E-state index in [0.717, 1.165) is 4.47 Å². The monoisotopic (exact) mass is 231 g/mol. The molecule has 0 saturated carbocycles. The Labute approximate surface area is 79.0 Å². The predicted octanol–water partition coefficient (Wildman–Crippen LogP) is 0.769. The van der Waals surface area contributed by atoms with Gasteiger partial charge >= 0.3 is 0 Å². The number of aromatic nitrogens is 1. The van der Waals surface area contributed by atoms with E-state index in [1.54, 1.807) is 19.2 Å². The molecule has 1 heterocycles. The van der Waals surface area contributed by atoms with Gasteiger partial charge in [-0.3, -0.25) is 0 Å². The first-order valence-corrected chi connectivity index (χ1v) is 4.16. The summed E-state index contributed by atoms with van der Waals surface area (Å²) in [5.41, 5.74) is 11.5. The minimum Gasteiger partial charge on any atom is -0.480 e. The Balaban J connectivity index is 3.05. The average molecular weight is 232 g/mol. The van der Waals surface area contributed by atoms with Gasteiger partial charge in [-0.25, -0.2) is 4.98 Å². The van der Waals surface area contributed by atoms with Crippen molar-refractivity contribution in [1.82, 2.24) is 4.98 Å². The van der Waals surface area contributed by atoms with Crippen molar-refractivity contribution in [2.24, 2.45) is 11.5 Å². The predicted molar refractivity (Wildman–Crippen MR) is 49.6 cm³/mol. The molecule has 4 nitrogen and oxygen atoms in total. The molecule has 0 saturated heterocycles. The minimum absolute atomic E-state index is 0.494. The number of nitrogens with zero attached hydrogens (tertiary/aromatic N) is 1. The van der Waals surface area contributed by atoms with Gasteiger partial charge in [-0.2, -0.15) is 0 Å². The van der Waals surface area contributed by atoms with Crippen molar-refractivity contribution in [3.05, 3.63) is 22.3 Å². The maximum atomic E-state index is 5.43. The van der Waals surface area contributed by atoms with Gasteiger partial charge < -0.3 is 16.2 Å². The van der Waals surface area contributed by atoms with E-state index in [1.807, 2.05) is 0 Å². The molecular formula is C7H10BrN3O. The fourth-order valence-electron chi connectivity index (χ4n) is 0.767. The second-order valence-electron chi connectivity index (χ2n) is 2.25. The van der Waals surface area contributed by atoms with Crippen molar-refractivity contribution >= 4 is 15.9 Å². The van der Waals surface area contributed by atoms with E-state index in [1.165, 1.54) is 0 Å². The highest BCUT2D eigenvalue weighted by atomic mass is 79.9. The van der Waals surface area contributed by atoms with Crippen LogP contribution in [0.1, 0.15) is 11.9 Å². The lowest BCUT2D eigenvalue weighted by atomic mass is 10.3. The van der Waals surface area contributed by atoms with Crippen LogP contribution in [-0.4, -0.2) is 12.1 Å². The van der Waals surface area contributed by atoms with E-state index in [0.29, 0.717) is 11.6 Å². The van der Waals surface area contributed by atoms with Crippen molar-refractivity contribution in [3.63, 3.8) is 0 Å². The Kier molecular flexibility index (Phi) is 3.02. The first kappa shape index (κ1) is 9.44. The van der Waals surface area contributed by atoms with Crippen molar-refractivity contribution < 1.29 is 4.74 Å². The van der Waals surface area contributed by atoms with Gasteiger partial charge in [-0.05, 0) is 28.1 Å². The molecule has 0 unspecified atom stereocenters. The maximum Gasteiger partial charge on any atom is 0.228 e. The second kappa shape index (κ2) is 3.84. The normalized spacial score (nSPS) is 10.4. The molecule has 0 fully saturated rings. The van der Waals surface area contributed by atoms with Gasteiger partial charge in [0.05, 0.1) is 23.4 Å². The van der Waals surface area contributed by atoms with E-state index in [2.05, 4.69) is 20.9 Å². The van der Waals surface area contributed by atoms with Crippen LogP contribution < -0.4 is 16.2 Å². The number of nitrogens with two attached hydrogens (primary N) is 2. The maximum absolute atomic E-state index is 5.43. The van der Waals surface area contributed by atoms with E-state index < -0.39 is 6.17 Å². The molecule has 0 bridgehead atoms. The van der Waals surface area contributed by atoms with Gasteiger partial charge in [-0.1, -0.05) is 0 Å². The third-order valence-corrected chi connectivity index (χ3v) is 1.97. The molecule has 66 valence electrons. The molecule has 5 heteroatoms. The lowest BCUT2D eigenvalue weighted by Gasteiger charge is -2.07. The Hall–Kier alpha value is -0.650. The molecule has 0 aromatic carbocycles. The summed E-state index contributed by atoms with van der Waals surface area (Å²) in [6, 6.07) is 3.55. The smallest absolute Gasteiger partial charge is 0.228 e. The Morgan fingerprint density at radius 1 is 1.50 bits per heavy atom. The highest BCUT2D eigenvalue weighted by molar-refractivity contribution is 9.10. The topological polar surface area (TPSA) is 74.2 Å². The minimum atomic E-state index is -0.563. The highest BCUT2D eigenvalue weighted by Crippen LogP contribution is 2.22. The first-order chi connectivity index (χ1) is 5.65. The molecule has 0 aliphatic carbocycles. The van der Waals surface area contributed by atoms with Crippen LogP contribution in [0.4, 0.5) is 0 Å². The molecule has 1 rings (SSSR count). The van der Waals surface area contributed by atoms with Gasteiger partial charge in [0.15, 0.2) is 0 Å². The van der Waals surface area contributed by atoms with Crippen LogP contribution in [-0.2, 0) is 0 Å². The average Bonchev–Trinajstić information content (AvgIpc) is 2.05. The highest BCUT2D eigenvalue weighted by Gasteiger charge is 2.06. The quantitative estimate of drug-likeness (QED) is 0.738. The zero-order valence-electron chi connectivity index (χ0n) is 6.62. The number of methoxy groups -OCH3 is 1. The van der Waals surface area contributed by atoms with E-state index in [4.69, 9.17) is 16.2 Å². The van der Waals surface area contributed by atoms with Gasteiger partial charge in [0, 0.05) is 0 Å². The Bertz CT molecular complexity index is 277. The van der Waals surface area contributed by atoms with Crippen LogP contribution in [0.3, 0.4) is 0 Å². The number of halogens is 1. The van der Waals surface area contributed by atoms with E-state index in [-0.39, 0.29) is 0 Å². The number of hydrogen-bond donors (Lipinski definition) is 2. The van der Waals surface area contributed by atoms with Crippen LogP contribution in [0.2, 0.25) is 0 Å². The summed E-state index contributed by atoms with van der Waals surface area (Å²) >= 11 is 3.27. The van der Waals surface area contributed by atoms with Gasteiger partial charge in [0.2, 0.25) is 5.88 Å². The van der Waals surface area contributed by atoms with Crippen molar-refractivity contribution in [2.45, 2.75) is 6.17 Å². The zero-order valence-corrected chi connectivity index (χ0v) is 8.21. The van der Waals surface area contributed by atoms with Gasteiger partial charge in [0.1, 0.15) is 0 Å². The Morgan fingerprint density at radius 2 is 2.17 bits per heavy atom. The number of pyridine rings is 1. The van der Waals surface area contributed by atoms with E-state index in [9.17, 15) is 0 Å². The summed E-state index contributed by atoms with van der Waals surface area (Å²) in [5, 5.41) is 0. The van der Waals surface area contributed by atoms with Crippen LogP contribution in [0, 0.1) is 0 Å². The fourth-order valence-corrected chi connectivity index (χ4v) is 1.15. The number of ether oxygens (including phenoxy) is 1. The summed E-state index contributed by atoms with van der Waals surface area (Å²) in [5.74, 6) is 0.494. The molecule has 0 aliphatic heterocycles. The largest absolute Gasteiger partial charge is 0.480 e. The van der Waals surface area contributed by atoms with Gasteiger partial charge in [0.25, 0.3) is 0 Å². The van der Waals surface area contributed by atoms with E-state index >= 15 is 0 Å². The molecule has 0 atom stereocenters. The lowest BCUT2D eigenvalue weighted by Crippen LogP contribution is -2.21. The summed E-state index contributed by atoms with van der Waals surface area (Å²) in [4.78, 5) is 4.07. The zero-order chi connectivity index (χ0) is 9.14. The summed E-state index contributed by atoms with van der Waals surface area (Å²) in [6.07, 6.45) is -0.563. The molecule has 12 heavy (non-hydrogen) atoms. The summed E-state index contributed by atoms with van der Waals surface area (Å²) < 4.78 is 5.75. The van der Waals surface area contributed by atoms with Crippen LogP contribution in [0.25, 0.3) is 0 Å². The molecule has 0 spiro atoms. The number of rotatable bonds is 2. The molecular weight excluding hydrogens is 222 g/mol. The lowest BCUT2D eigenvalue weighted by molar-refractivity contribution is 0.392. The van der Waals surface area contributed by atoms with Crippen molar-refractivity contribution in [1.29, 1.82) is 0 Å². The number of hydrogen-bond acceptors (Lipinski definition) is 4. The van der Waals surface area contributed by atoms with Crippen LogP contribution >= 0.6 is 15.9 Å². The fraction of sp³-hybridized carbons (Fsp3) is 0.286.